The van der Waals surface area contributed by atoms with Crippen molar-refractivity contribution in [1.82, 2.24) is 0 Å². The molecule has 0 heterocycles. The second-order valence-corrected chi connectivity index (χ2v) is 7.44. The van der Waals surface area contributed by atoms with Gasteiger partial charge in [-0.3, -0.25) is 9.59 Å². The number of ether oxygens (including phenoxy) is 3. The zero-order chi connectivity index (χ0) is 17.7. The molecule has 0 aromatic heterocycles. The number of hydrogen-bond acceptors (Lipinski definition) is 5. The van der Waals surface area contributed by atoms with E-state index in [0.717, 1.165) is 25.7 Å². The molecule has 6 atom stereocenters. The van der Waals surface area contributed by atoms with Crippen LogP contribution in [0.25, 0.3) is 0 Å². The summed E-state index contributed by atoms with van der Waals surface area (Å²) in [6.45, 7) is 6.57. The Morgan fingerprint density at radius 3 is 2.58 bits per heavy atom. The molecule has 0 amide bonds. The summed E-state index contributed by atoms with van der Waals surface area (Å²) in [6, 6.07) is 0. The van der Waals surface area contributed by atoms with Crippen molar-refractivity contribution in [3.8, 4) is 0 Å². The second kappa shape index (κ2) is 8.84. The lowest BCUT2D eigenvalue weighted by Gasteiger charge is -2.41. The van der Waals surface area contributed by atoms with E-state index >= 15 is 0 Å². The Balaban J connectivity index is 1.87. The highest BCUT2D eigenvalue weighted by Gasteiger charge is 2.48. The van der Waals surface area contributed by atoms with Crippen LogP contribution >= 0.6 is 0 Å². The van der Waals surface area contributed by atoms with Gasteiger partial charge in [0.05, 0.1) is 13.2 Å². The number of fused-ring (bicyclic) bond motifs is 1. The van der Waals surface area contributed by atoms with Gasteiger partial charge in [0.2, 0.25) is 0 Å². The molecule has 2 aliphatic carbocycles. The molecule has 0 N–H and O–H groups in total. The Bertz CT molecular complexity index is 435. The average molecular weight is 340 g/mol. The first-order valence-electron chi connectivity index (χ1n) is 9.29. The fraction of sp³-hybridized carbons (Fsp3) is 0.895. The van der Waals surface area contributed by atoms with E-state index in [2.05, 4.69) is 18.6 Å². The minimum atomic E-state index is -0.183. The Kier molecular flexibility index (Phi) is 7.08. The zero-order valence-corrected chi connectivity index (χ0v) is 15.5. The van der Waals surface area contributed by atoms with Gasteiger partial charge in [-0.15, -0.1) is 0 Å². The predicted molar refractivity (Wildman–Crippen MR) is 90.3 cm³/mol. The van der Waals surface area contributed by atoms with Crippen LogP contribution in [-0.4, -0.2) is 37.9 Å². The summed E-state index contributed by atoms with van der Waals surface area (Å²) < 4.78 is 16.3. The molecule has 2 aliphatic rings. The summed E-state index contributed by atoms with van der Waals surface area (Å²) in [5, 5.41) is 0. The van der Waals surface area contributed by atoms with Gasteiger partial charge in [-0.1, -0.05) is 6.92 Å². The molecule has 0 saturated heterocycles. The molecule has 0 radical (unpaired) electrons. The fourth-order valence-electron chi connectivity index (χ4n) is 4.82. The smallest absolute Gasteiger partial charge is 0.305 e. The molecular weight excluding hydrogens is 308 g/mol. The van der Waals surface area contributed by atoms with Crippen LogP contribution < -0.4 is 0 Å². The predicted octanol–water partition coefficient (Wildman–Crippen LogP) is 3.35. The summed E-state index contributed by atoms with van der Waals surface area (Å²) in [6.07, 6.45) is 5.72. The molecule has 2 rings (SSSR count). The van der Waals surface area contributed by atoms with Crippen molar-refractivity contribution in [3.63, 3.8) is 0 Å². The number of carbonyl (C=O) groups is 2. The van der Waals surface area contributed by atoms with Gasteiger partial charge >= 0.3 is 11.9 Å². The standard InChI is InChI=1S/C19H32O5/c1-12-7-10-17(24-14(3)20)16-9-8-15(19(12)16)13(2)23-11-5-6-18(21)22-4/h12-13,15-17,19H,5-11H2,1-4H3/t12-,13?,15?,16?,17?,19?/m1/s1. The van der Waals surface area contributed by atoms with Gasteiger partial charge in [-0.2, -0.15) is 0 Å². The lowest BCUT2D eigenvalue weighted by Crippen LogP contribution is -2.41. The summed E-state index contributed by atoms with van der Waals surface area (Å²) in [7, 11) is 1.41. The highest BCUT2D eigenvalue weighted by atomic mass is 16.5. The maximum atomic E-state index is 11.4. The third-order valence-electron chi connectivity index (χ3n) is 5.92. The van der Waals surface area contributed by atoms with Crippen LogP contribution in [0.2, 0.25) is 0 Å². The van der Waals surface area contributed by atoms with Crippen molar-refractivity contribution in [3.05, 3.63) is 0 Å². The summed E-state index contributed by atoms with van der Waals surface area (Å²) in [5.74, 6) is 1.86. The Morgan fingerprint density at radius 1 is 1.17 bits per heavy atom. The van der Waals surface area contributed by atoms with Crippen LogP contribution in [0.5, 0.6) is 0 Å². The highest BCUT2D eigenvalue weighted by molar-refractivity contribution is 5.69. The van der Waals surface area contributed by atoms with Crippen molar-refractivity contribution in [1.29, 1.82) is 0 Å². The minimum absolute atomic E-state index is 0.0835. The van der Waals surface area contributed by atoms with Gasteiger partial charge in [0.1, 0.15) is 6.10 Å². The van der Waals surface area contributed by atoms with Crippen molar-refractivity contribution in [2.45, 2.75) is 71.5 Å². The Labute approximate surface area is 145 Å². The monoisotopic (exact) mass is 340 g/mol. The Morgan fingerprint density at radius 2 is 1.92 bits per heavy atom. The third kappa shape index (κ3) is 4.71. The maximum absolute atomic E-state index is 11.4. The molecule has 0 bridgehead atoms. The fourth-order valence-corrected chi connectivity index (χ4v) is 4.82. The normalized spacial score (nSPS) is 33.6. The zero-order valence-electron chi connectivity index (χ0n) is 15.5. The second-order valence-electron chi connectivity index (χ2n) is 7.44. The number of rotatable bonds is 7. The quantitative estimate of drug-likeness (QED) is 0.525. The van der Waals surface area contributed by atoms with Gasteiger partial charge in [-0.05, 0) is 62.7 Å². The van der Waals surface area contributed by atoms with E-state index in [0.29, 0.717) is 43.1 Å². The first-order chi connectivity index (χ1) is 11.4. The van der Waals surface area contributed by atoms with E-state index in [9.17, 15) is 9.59 Å². The maximum Gasteiger partial charge on any atom is 0.305 e. The number of hydrogen-bond donors (Lipinski definition) is 0. The summed E-state index contributed by atoms with van der Waals surface area (Å²) in [4.78, 5) is 22.5. The van der Waals surface area contributed by atoms with Crippen LogP contribution in [0.1, 0.15) is 59.3 Å². The third-order valence-corrected chi connectivity index (χ3v) is 5.92. The van der Waals surface area contributed by atoms with E-state index in [1.165, 1.54) is 14.0 Å². The largest absolute Gasteiger partial charge is 0.469 e. The van der Waals surface area contributed by atoms with Gasteiger partial charge < -0.3 is 14.2 Å². The topological polar surface area (TPSA) is 61.8 Å². The van der Waals surface area contributed by atoms with E-state index in [1.54, 1.807) is 0 Å². The van der Waals surface area contributed by atoms with Crippen molar-refractivity contribution >= 4 is 11.9 Å². The van der Waals surface area contributed by atoms with Gasteiger partial charge in [0, 0.05) is 20.0 Å². The van der Waals surface area contributed by atoms with Crippen molar-refractivity contribution in [2.75, 3.05) is 13.7 Å². The lowest BCUT2D eigenvalue weighted by molar-refractivity contribution is -0.154. The first kappa shape index (κ1) is 19.2. The van der Waals surface area contributed by atoms with Crippen LogP contribution in [-0.2, 0) is 23.8 Å². The van der Waals surface area contributed by atoms with E-state index < -0.39 is 0 Å². The van der Waals surface area contributed by atoms with Crippen LogP contribution in [0.4, 0.5) is 0 Å². The van der Waals surface area contributed by atoms with E-state index in [-0.39, 0.29) is 24.1 Å². The molecule has 24 heavy (non-hydrogen) atoms. The molecule has 138 valence electrons. The molecule has 5 nitrogen and oxygen atoms in total. The lowest BCUT2D eigenvalue weighted by atomic mass is 9.69. The van der Waals surface area contributed by atoms with Crippen LogP contribution in [0, 0.1) is 23.7 Å². The first-order valence-corrected chi connectivity index (χ1v) is 9.29. The average Bonchev–Trinajstić information content (AvgIpc) is 2.99. The van der Waals surface area contributed by atoms with Crippen LogP contribution in [0.3, 0.4) is 0 Å². The molecule has 0 aromatic carbocycles. The summed E-state index contributed by atoms with van der Waals surface area (Å²) >= 11 is 0. The minimum Gasteiger partial charge on any atom is -0.469 e. The van der Waals surface area contributed by atoms with Gasteiger partial charge in [0.15, 0.2) is 0 Å². The summed E-state index contributed by atoms with van der Waals surface area (Å²) in [5.41, 5.74) is 0. The molecule has 2 saturated carbocycles. The molecule has 2 fully saturated rings. The number of methoxy groups -OCH3 is 1. The molecule has 0 aliphatic heterocycles. The van der Waals surface area contributed by atoms with Crippen LogP contribution in [0.15, 0.2) is 0 Å². The van der Waals surface area contributed by atoms with Crippen molar-refractivity contribution in [2.24, 2.45) is 23.7 Å². The van der Waals surface area contributed by atoms with Crippen molar-refractivity contribution < 1.29 is 23.8 Å². The van der Waals surface area contributed by atoms with E-state index in [4.69, 9.17) is 9.47 Å². The molecule has 0 aromatic rings. The molecule has 5 unspecified atom stereocenters. The molecule has 0 spiro atoms. The number of carbonyl (C=O) groups excluding carboxylic acids is 2. The van der Waals surface area contributed by atoms with Gasteiger partial charge in [-0.25, -0.2) is 0 Å². The highest BCUT2D eigenvalue weighted by Crippen LogP contribution is 2.51. The van der Waals surface area contributed by atoms with Gasteiger partial charge in [0.25, 0.3) is 0 Å². The molecular formula is C19H32O5. The number of esters is 2. The SMILES string of the molecule is COC(=O)CCCOC(C)C1CCC2C(OC(C)=O)CC[C@@H](C)C12. The Hall–Kier alpha value is -1.10. The molecule has 5 heteroatoms. The van der Waals surface area contributed by atoms with E-state index in [1.807, 2.05) is 0 Å².